The Kier molecular flexibility index (Phi) is 5.59. The molecule has 0 radical (unpaired) electrons. The van der Waals surface area contributed by atoms with Crippen molar-refractivity contribution in [2.24, 2.45) is 0 Å². The third-order valence-electron chi connectivity index (χ3n) is 3.75. The molecule has 0 saturated heterocycles. The molecule has 2 rings (SSSR count). The van der Waals surface area contributed by atoms with Crippen molar-refractivity contribution in [3.05, 3.63) is 57.6 Å². The van der Waals surface area contributed by atoms with Gasteiger partial charge in [0.2, 0.25) is 0 Å². The lowest BCUT2D eigenvalue weighted by atomic mass is 10.0. The van der Waals surface area contributed by atoms with Gasteiger partial charge in [-0.2, -0.15) is 0 Å². The van der Waals surface area contributed by atoms with Crippen molar-refractivity contribution in [2.75, 3.05) is 19.5 Å². The number of nitrogens with zero attached hydrogens (tertiary/aromatic N) is 1. The van der Waals surface area contributed by atoms with Gasteiger partial charge in [0.05, 0.1) is 25.2 Å². The van der Waals surface area contributed by atoms with E-state index in [0.717, 1.165) is 5.56 Å². The van der Waals surface area contributed by atoms with Gasteiger partial charge in [-0.3, -0.25) is 14.9 Å². The fraction of sp³-hybridized carbons (Fsp3) is 0.278. The molecule has 0 heterocycles. The molecule has 1 N–H and O–H groups in total. The van der Waals surface area contributed by atoms with Gasteiger partial charge >= 0.3 is 0 Å². The summed E-state index contributed by atoms with van der Waals surface area (Å²) in [4.78, 5) is 23.3. The summed E-state index contributed by atoms with van der Waals surface area (Å²) in [5.74, 6) is 0.141. The number of ether oxygens (including phenoxy) is 2. The van der Waals surface area contributed by atoms with Crippen LogP contribution in [0.15, 0.2) is 36.4 Å². The van der Waals surface area contributed by atoms with Crippen molar-refractivity contribution >= 4 is 17.3 Å². The standard InChI is InChI=1S/C18H20N2O5/c1-11(2)12-6-5-7-13(8-12)19-18(21)14-9-16(24-3)17(25-4)10-15(14)20(22)23/h5-11H,1-4H3,(H,19,21). The number of nitrogens with one attached hydrogen (secondary N) is 1. The average molecular weight is 344 g/mol. The molecule has 2 aromatic carbocycles. The van der Waals surface area contributed by atoms with Crippen molar-refractivity contribution in [3.8, 4) is 11.5 Å². The summed E-state index contributed by atoms with van der Waals surface area (Å²) < 4.78 is 10.2. The average Bonchev–Trinajstić information content (AvgIpc) is 2.60. The molecule has 0 aromatic heterocycles. The highest BCUT2D eigenvalue weighted by molar-refractivity contribution is 6.07. The smallest absolute Gasteiger partial charge is 0.286 e. The summed E-state index contributed by atoms with van der Waals surface area (Å²) in [5.41, 5.74) is 1.17. The fourth-order valence-corrected chi connectivity index (χ4v) is 2.38. The minimum absolute atomic E-state index is 0.0994. The van der Waals surface area contributed by atoms with Crippen LogP contribution in [0.5, 0.6) is 11.5 Å². The first-order chi connectivity index (χ1) is 11.9. The number of amides is 1. The zero-order valence-corrected chi connectivity index (χ0v) is 14.5. The Morgan fingerprint density at radius 3 is 2.32 bits per heavy atom. The minimum atomic E-state index is -0.624. The highest BCUT2D eigenvalue weighted by atomic mass is 16.6. The lowest BCUT2D eigenvalue weighted by Crippen LogP contribution is -2.14. The number of benzene rings is 2. The molecule has 25 heavy (non-hydrogen) atoms. The van der Waals surface area contributed by atoms with E-state index in [2.05, 4.69) is 5.32 Å². The van der Waals surface area contributed by atoms with Crippen molar-refractivity contribution < 1.29 is 19.2 Å². The molecular weight excluding hydrogens is 324 g/mol. The van der Waals surface area contributed by atoms with Gasteiger partial charge in [-0.25, -0.2) is 0 Å². The summed E-state index contributed by atoms with van der Waals surface area (Å²) in [6, 6.07) is 9.84. The maximum absolute atomic E-state index is 12.6. The van der Waals surface area contributed by atoms with E-state index in [1.807, 2.05) is 32.0 Å². The predicted molar refractivity (Wildman–Crippen MR) is 94.7 cm³/mol. The van der Waals surface area contributed by atoms with E-state index in [1.165, 1.54) is 26.4 Å². The SMILES string of the molecule is COc1cc(C(=O)Nc2cccc(C(C)C)c2)c([N+](=O)[O-])cc1OC. The van der Waals surface area contributed by atoms with Crippen LogP contribution < -0.4 is 14.8 Å². The van der Waals surface area contributed by atoms with Crippen LogP contribution in [0.4, 0.5) is 11.4 Å². The largest absolute Gasteiger partial charge is 0.493 e. The maximum Gasteiger partial charge on any atom is 0.286 e. The molecule has 1 amide bonds. The molecule has 2 aromatic rings. The topological polar surface area (TPSA) is 90.7 Å². The third-order valence-corrected chi connectivity index (χ3v) is 3.75. The first-order valence-corrected chi connectivity index (χ1v) is 7.69. The second kappa shape index (κ2) is 7.65. The fourth-order valence-electron chi connectivity index (χ4n) is 2.38. The second-order valence-electron chi connectivity index (χ2n) is 5.72. The lowest BCUT2D eigenvalue weighted by molar-refractivity contribution is -0.385. The van der Waals surface area contributed by atoms with E-state index in [-0.39, 0.29) is 22.7 Å². The Labute approximate surface area is 145 Å². The Morgan fingerprint density at radius 1 is 1.12 bits per heavy atom. The first kappa shape index (κ1) is 18.3. The maximum atomic E-state index is 12.6. The Morgan fingerprint density at radius 2 is 1.76 bits per heavy atom. The summed E-state index contributed by atoms with van der Waals surface area (Å²) in [6.45, 7) is 4.08. The number of hydrogen-bond donors (Lipinski definition) is 1. The van der Waals surface area contributed by atoms with Crippen LogP contribution in [0.3, 0.4) is 0 Å². The summed E-state index contributed by atoms with van der Waals surface area (Å²) in [6.07, 6.45) is 0. The van der Waals surface area contributed by atoms with E-state index in [1.54, 1.807) is 6.07 Å². The third kappa shape index (κ3) is 4.06. The van der Waals surface area contributed by atoms with Crippen LogP contribution in [-0.2, 0) is 0 Å². The second-order valence-corrected chi connectivity index (χ2v) is 5.72. The van der Waals surface area contributed by atoms with Crippen molar-refractivity contribution in [3.63, 3.8) is 0 Å². The number of nitro benzene ring substituents is 1. The highest BCUT2D eigenvalue weighted by Gasteiger charge is 2.24. The molecule has 0 bridgehead atoms. The molecule has 0 aliphatic rings. The van der Waals surface area contributed by atoms with E-state index in [9.17, 15) is 14.9 Å². The summed E-state index contributed by atoms with van der Waals surface area (Å²) in [5, 5.41) is 14.0. The van der Waals surface area contributed by atoms with E-state index in [0.29, 0.717) is 11.6 Å². The van der Waals surface area contributed by atoms with E-state index < -0.39 is 10.8 Å². The van der Waals surface area contributed by atoms with Gasteiger partial charge < -0.3 is 14.8 Å². The molecule has 0 unspecified atom stereocenters. The molecule has 7 heteroatoms. The molecule has 0 aliphatic heterocycles. The molecule has 0 aliphatic carbocycles. The van der Waals surface area contributed by atoms with Crippen LogP contribution in [0.1, 0.15) is 35.7 Å². The predicted octanol–water partition coefficient (Wildman–Crippen LogP) is 3.99. The van der Waals surface area contributed by atoms with Crippen LogP contribution >= 0.6 is 0 Å². The van der Waals surface area contributed by atoms with Gasteiger partial charge in [0.1, 0.15) is 5.56 Å². The summed E-state index contributed by atoms with van der Waals surface area (Å²) in [7, 11) is 2.77. The van der Waals surface area contributed by atoms with Gasteiger partial charge in [0.15, 0.2) is 11.5 Å². The van der Waals surface area contributed by atoms with Gasteiger partial charge in [-0.05, 0) is 23.6 Å². The molecule has 0 atom stereocenters. The minimum Gasteiger partial charge on any atom is -0.493 e. The first-order valence-electron chi connectivity index (χ1n) is 7.69. The van der Waals surface area contributed by atoms with Gasteiger partial charge in [-0.1, -0.05) is 26.0 Å². The van der Waals surface area contributed by atoms with E-state index in [4.69, 9.17) is 9.47 Å². The van der Waals surface area contributed by atoms with Gasteiger partial charge in [0, 0.05) is 11.8 Å². The van der Waals surface area contributed by atoms with Gasteiger partial charge in [0.25, 0.3) is 11.6 Å². The molecule has 7 nitrogen and oxygen atoms in total. The number of carbonyl (C=O) groups is 1. The van der Waals surface area contributed by atoms with Crippen LogP contribution in [-0.4, -0.2) is 25.1 Å². The monoisotopic (exact) mass is 344 g/mol. The zero-order valence-electron chi connectivity index (χ0n) is 14.5. The number of hydrogen-bond acceptors (Lipinski definition) is 5. The van der Waals surface area contributed by atoms with Crippen molar-refractivity contribution in [1.29, 1.82) is 0 Å². The summed E-state index contributed by atoms with van der Waals surface area (Å²) >= 11 is 0. The van der Waals surface area contributed by atoms with Gasteiger partial charge in [-0.15, -0.1) is 0 Å². The molecular formula is C18H20N2O5. The van der Waals surface area contributed by atoms with Crippen LogP contribution in [0.25, 0.3) is 0 Å². The van der Waals surface area contributed by atoms with Crippen molar-refractivity contribution in [1.82, 2.24) is 0 Å². The number of nitro groups is 1. The number of carbonyl (C=O) groups excluding carboxylic acids is 1. The number of anilines is 1. The quantitative estimate of drug-likeness (QED) is 0.632. The number of rotatable bonds is 6. The Balaban J connectivity index is 2.41. The zero-order chi connectivity index (χ0) is 18.6. The Hall–Kier alpha value is -3.09. The van der Waals surface area contributed by atoms with E-state index >= 15 is 0 Å². The molecule has 132 valence electrons. The highest BCUT2D eigenvalue weighted by Crippen LogP contribution is 2.34. The lowest BCUT2D eigenvalue weighted by Gasteiger charge is -2.12. The van der Waals surface area contributed by atoms with Crippen molar-refractivity contribution in [2.45, 2.75) is 19.8 Å². The molecule has 0 spiro atoms. The molecule has 0 saturated carbocycles. The number of methoxy groups -OCH3 is 2. The normalized spacial score (nSPS) is 10.4. The molecule has 0 fully saturated rings. The Bertz CT molecular complexity index is 802. The van der Waals surface area contributed by atoms with Crippen LogP contribution in [0.2, 0.25) is 0 Å². The van der Waals surface area contributed by atoms with Crippen LogP contribution in [0, 0.1) is 10.1 Å².